The smallest absolute Gasteiger partial charge is 0.319 e. The van der Waals surface area contributed by atoms with Gasteiger partial charge in [0.05, 0.1) is 5.69 Å². The van der Waals surface area contributed by atoms with Gasteiger partial charge in [-0.3, -0.25) is 4.79 Å². The average Bonchev–Trinajstić information content (AvgIpc) is 3.28. The van der Waals surface area contributed by atoms with Crippen molar-refractivity contribution in [2.24, 2.45) is 0 Å². The van der Waals surface area contributed by atoms with E-state index in [-0.39, 0.29) is 23.1 Å². The zero-order chi connectivity index (χ0) is 27.1. The van der Waals surface area contributed by atoms with Crippen molar-refractivity contribution in [3.8, 4) is 11.8 Å². The molecule has 3 aromatic carbocycles. The molecule has 38 heavy (non-hydrogen) atoms. The van der Waals surface area contributed by atoms with Crippen molar-refractivity contribution in [1.29, 1.82) is 5.26 Å². The molecular weight excluding hydrogens is 523 g/mol. The van der Waals surface area contributed by atoms with Gasteiger partial charge in [-0.1, -0.05) is 53.0 Å². The minimum atomic E-state index is -0.349. The molecule has 0 unspecified atom stereocenters. The van der Waals surface area contributed by atoms with Crippen molar-refractivity contribution in [2.45, 2.75) is 13.3 Å². The van der Waals surface area contributed by atoms with Crippen molar-refractivity contribution in [3.05, 3.63) is 105 Å². The quantitative estimate of drug-likeness (QED) is 0.170. The summed E-state index contributed by atoms with van der Waals surface area (Å²) in [5.41, 5.74) is 2.91. The number of nitriles is 1. The lowest BCUT2D eigenvalue weighted by Crippen LogP contribution is -2.30. The standard InChI is InChI=1S/C28H24Cl2N6O2/c1-18-3-5-19(6-4-18)26(37)25-24(17-31)27(36(35-25)23-13-9-21(30)10-14-23)32-15-2-16-33-28(38)34-22-11-7-20(29)8-12-22/h3-14,32H,2,15-16H2,1H3,(H2,33,34,38). The summed E-state index contributed by atoms with van der Waals surface area (Å²) < 4.78 is 1.52. The first-order chi connectivity index (χ1) is 18.4. The van der Waals surface area contributed by atoms with Crippen LogP contribution < -0.4 is 16.0 Å². The van der Waals surface area contributed by atoms with Crippen LogP contribution in [0.15, 0.2) is 72.8 Å². The first-order valence-electron chi connectivity index (χ1n) is 11.8. The van der Waals surface area contributed by atoms with Gasteiger partial charge in [-0.2, -0.15) is 10.4 Å². The summed E-state index contributed by atoms with van der Waals surface area (Å²) in [5.74, 6) is 0.0359. The molecule has 0 saturated heterocycles. The second kappa shape index (κ2) is 12.3. The van der Waals surface area contributed by atoms with Gasteiger partial charge < -0.3 is 16.0 Å². The number of aromatic nitrogens is 2. The molecule has 0 aliphatic rings. The minimum absolute atomic E-state index is 0.0503. The van der Waals surface area contributed by atoms with Gasteiger partial charge in [0.1, 0.15) is 17.5 Å². The van der Waals surface area contributed by atoms with Crippen molar-refractivity contribution in [1.82, 2.24) is 15.1 Å². The number of benzene rings is 3. The number of halogens is 2. The van der Waals surface area contributed by atoms with Gasteiger partial charge in [0, 0.05) is 34.4 Å². The van der Waals surface area contributed by atoms with Crippen LogP contribution >= 0.6 is 23.2 Å². The molecule has 192 valence electrons. The molecule has 4 aromatic rings. The molecule has 0 saturated carbocycles. The van der Waals surface area contributed by atoms with Crippen molar-refractivity contribution < 1.29 is 9.59 Å². The number of hydrogen-bond acceptors (Lipinski definition) is 5. The maximum atomic E-state index is 13.3. The molecule has 8 nitrogen and oxygen atoms in total. The molecule has 0 aliphatic heterocycles. The Morgan fingerprint density at radius 2 is 1.55 bits per heavy atom. The number of hydrogen-bond donors (Lipinski definition) is 3. The maximum absolute atomic E-state index is 13.3. The van der Waals surface area contributed by atoms with Crippen LogP contribution in [-0.4, -0.2) is 34.7 Å². The number of carbonyl (C=O) groups is 2. The molecule has 1 aromatic heterocycles. The van der Waals surface area contributed by atoms with Crippen molar-refractivity contribution >= 4 is 46.5 Å². The Labute approximate surface area is 230 Å². The van der Waals surface area contributed by atoms with Crippen LogP contribution in [0.25, 0.3) is 5.69 Å². The zero-order valence-electron chi connectivity index (χ0n) is 20.5. The number of amides is 2. The van der Waals surface area contributed by atoms with E-state index in [1.807, 2.05) is 19.1 Å². The number of nitrogens with one attached hydrogen (secondary N) is 3. The average molecular weight is 547 g/mol. The van der Waals surface area contributed by atoms with Gasteiger partial charge in [0.2, 0.25) is 5.78 Å². The first-order valence-corrected chi connectivity index (χ1v) is 12.6. The second-order valence-corrected chi connectivity index (χ2v) is 9.31. The van der Waals surface area contributed by atoms with Gasteiger partial charge >= 0.3 is 6.03 Å². The number of rotatable bonds is 9. The van der Waals surface area contributed by atoms with Gasteiger partial charge in [-0.05, 0) is 61.9 Å². The number of anilines is 2. The summed E-state index contributed by atoms with van der Waals surface area (Å²) in [7, 11) is 0. The van der Waals surface area contributed by atoms with Crippen LogP contribution in [0, 0.1) is 18.3 Å². The Bertz CT molecular complexity index is 1470. The van der Waals surface area contributed by atoms with Gasteiger partial charge in [0.15, 0.2) is 5.69 Å². The molecule has 2 amide bonds. The van der Waals surface area contributed by atoms with Crippen LogP contribution in [0.1, 0.15) is 33.6 Å². The van der Waals surface area contributed by atoms with Crippen LogP contribution in [0.5, 0.6) is 0 Å². The lowest BCUT2D eigenvalue weighted by Gasteiger charge is -2.11. The molecule has 0 radical (unpaired) electrons. The highest BCUT2D eigenvalue weighted by atomic mass is 35.5. The molecule has 0 fully saturated rings. The third-order valence-corrected chi connectivity index (χ3v) is 6.13. The highest BCUT2D eigenvalue weighted by Crippen LogP contribution is 2.26. The highest BCUT2D eigenvalue weighted by molar-refractivity contribution is 6.30. The number of nitrogens with zero attached hydrogens (tertiary/aromatic N) is 3. The molecule has 0 spiro atoms. The normalized spacial score (nSPS) is 10.5. The van der Waals surface area contributed by atoms with E-state index in [1.54, 1.807) is 60.7 Å². The monoisotopic (exact) mass is 546 g/mol. The number of carbonyl (C=O) groups excluding carboxylic acids is 2. The van der Waals surface area contributed by atoms with Crippen LogP contribution in [0.3, 0.4) is 0 Å². The zero-order valence-corrected chi connectivity index (χ0v) is 22.0. The Morgan fingerprint density at radius 1 is 0.921 bits per heavy atom. The second-order valence-electron chi connectivity index (χ2n) is 8.44. The molecule has 1 heterocycles. The number of aryl methyl sites for hydroxylation is 1. The number of urea groups is 1. The minimum Gasteiger partial charge on any atom is -0.369 e. The molecule has 4 rings (SSSR count). The van der Waals surface area contributed by atoms with Crippen LogP contribution in [-0.2, 0) is 0 Å². The largest absolute Gasteiger partial charge is 0.369 e. The summed E-state index contributed by atoms with van der Waals surface area (Å²) >= 11 is 11.9. The fourth-order valence-corrected chi connectivity index (χ4v) is 3.91. The predicted octanol–water partition coefficient (Wildman–Crippen LogP) is 6.21. The van der Waals surface area contributed by atoms with Crippen molar-refractivity contribution in [3.63, 3.8) is 0 Å². The van der Waals surface area contributed by atoms with E-state index < -0.39 is 0 Å². The van der Waals surface area contributed by atoms with E-state index in [0.717, 1.165) is 5.56 Å². The van der Waals surface area contributed by atoms with Crippen LogP contribution in [0.2, 0.25) is 10.0 Å². The predicted molar refractivity (Wildman–Crippen MR) is 149 cm³/mol. The Morgan fingerprint density at radius 3 is 2.18 bits per heavy atom. The van der Waals surface area contributed by atoms with Gasteiger partial charge in [-0.25, -0.2) is 9.48 Å². The first kappa shape index (κ1) is 26.7. The highest BCUT2D eigenvalue weighted by Gasteiger charge is 2.25. The Kier molecular flexibility index (Phi) is 8.64. The summed E-state index contributed by atoms with van der Waals surface area (Å²) in [6, 6.07) is 22.6. The number of ketones is 1. The third-order valence-electron chi connectivity index (χ3n) is 5.63. The summed E-state index contributed by atoms with van der Waals surface area (Å²) in [6.45, 7) is 2.72. The molecule has 0 aliphatic carbocycles. The fraction of sp³-hybridized carbons (Fsp3) is 0.143. The Balaban J connectivity index is 1.48. The molecule has 10 heteroatoms. The van der Waals surface area contributed by atoms with Gasteiger partial charge in [0.25, 0.3) is 0 Å². The molecular formula is C28H24Cl2N6O2. The molecule has 0 bridgehead atoms. The van der Waals surface area contributed by atoms with Gasteiger partial charge in [-0.15, -0.1) is 0 Å². The van der Waals surface area contributed by atoms with E-state index >= 15 is 0 Å². The van der Waals surface area contributed by atoms with E-state index in [9.17, 15) is 14.9 Å². The lowest BCUT2D eigenvalue weighted by molar-refractivity contribution is 0.103. The van der Waals surface area contributed by atoms with Crippen LogP contribution in [0.4, 0.5) is 16.3 Å². The maximum Gasteiger partial charge on any atom is 0.319 e. The fourth-order valence-electron chi connectivity index (χ4n) is 3.66. The van der Waals surface area contributed by atoms with E-state index in [4.69, 9.17) is 23.2 Å². The SMILES string of the molecule is Cc1ccc(C(=O)c2nn(-c3ccc(Cl)cc3)c(NCCCNC(=O)Nc3ccc(Cl)cc3)c2C#N)cc1. The molecule has 0 atom stereocenters. The summed E-state index contributed by atoms with van der Waals surface area (Å²) in [5, 5.41) is 24.4. The van der Waals surface area contributed by atoms with Crippen molar-refractivity contribution in [2.75, 3.05) is 23.7 Å². The van der Waals surface area contributed by atoms with E-state index in [1.165, 1.54) is 4.68 Å². The summed E-state index contributed by atoms with van der Waals surface area (Å²) in [6.07, 6.45) is 0.548. The summed E-state index contributed by atoms with van der Waals surface area (Å²) in [4.78, 5) is 25.4. The van der Waals surface area contributed by atoms with E-state index in [0.29, 0.717) is 52.3 Å². The topological polar surface area (TPSA) is 112 Å². The third kappa shape index (κ3) is 6.51. The van der Waals surface area contributed by atoms with E-state index in [2.05, 4.69) is 27.1 Å². The lowest BCUT2D eigenvalue weighted by atomic mass is 10.0. The Hall–Kier alpha value is -4.32. The molecule has 3 N–H and O–H groups in total.